The van der Waals surface area contributed by atoms with Gasteiger partial charge in [-0.1, -0.05) is 24.3 Å². The van der Waals surface area contributed by atoms with Crippen LogP contribution in [0.5, 0.6) is 0 Å². The first kappa shape index (κ1) is 54.9. The first-order chi connectivity index (χ1) is 30.2. The minimum absolute atomic E-state index is 0. The minimum Gasteiger partial charge on any atom is -0.744 e. The van der Waals surface area contributed by atoms with Crippen LogP contribution >= 0.6 is 0 Å². The Morgan fingerprint density at radius 2 is 1.30 bits per heavy atom. The maximum absolute atomic E-state index is 13.8. The largest absolute Gasteiger partial charge is 1.00 e. The van der Waals surface area contributed by atoms with E-state index < -0.39 is 107 Å². The summed E-state index contributed by atoms with van der Waals surface area (Å²) in [6, 6.07) is 20.4. The first-order valence-electron chi connectivity index (χ1n) is 17.8. The third kappa shape index (κ3) is 12.7. The second kappa shape index (κ2) is 22.1. The van der Waals surface area contributed by atoms with Crippen LogP contribution in [0.25, 0.3) is 6.08 Å². The summed E-state index contributed by atoms with van der Waals surface area (Å²) in [5.74, 6) is -1.84. The summed E-state index contributed by atoms with van der Waals surface area (Å²) < 4.78 is 107. The Morgan fingerprint density at radius 1 is 0.657 bits per heavy atom. The fourth-order valence-electron chi connectivity index (χ4n) is 5.97. The Bertz CT molecular complexity index is 3520. The molecule has 1 atom stereocenters. The Hall–Kier alpha value is -4.75. The summed E-state index contributed by atoms with van der Waals surface area (Å²) in [5, 5.41) is 23.7. The number of anilines is 4. The number of azo groups is 1. The molecule has 0 saturated carbocycles. The van der Waals surface area contributed by atoms with E-state index in [0.717, 1.165) is 29.3 Å². The molecule has 1 unspecified atom stereocenters. The number of benzene rings is 5. The van der Waals surface area contributed by atoms with E-state index in [1.807, 2.05) is 0 Å². The average Bonchev–Trinajstić information content (AvgIpc) is 3.53. The van der Waals surface area contributed by atoms with Gasteiger partial charge in [-0.15, -0.1) is 0 Å². The second-order valence-electron chi connectivity index (χ2n) is 13.3. The van der Waals surface area contributed by atoms with Gasteiger partial charge < -0.3 is 13.7 Å². The smallest absolute Gasteiger partial charge is 0.744 e. The van der Waals surface area contributed by atoms with Crippen molar-refractivity contribution in [2.24, 2.45) is 30.6 Å². The van der Waals surface area contributed by atoms with Gasteiger partial charge in [0.25, 0.3) is 5.91 Å². The molecule has 0 fully saturated rings. The maximum Gasteiger partial charge on any atom is 1.00 e. The zero-order chi connectivity index (χ0) is 46.1. The van der Waals surface area contributed by atoms with Gasteiger partial charge in [-0.25, -0.2) is 25.3 Å². The Balaban J connectivity index is 0.00000327. The zero-order valence-corrected chi connectivity index (χ0v) is 43.6. The van der Waals surface area contributed by atoms with Crippen LogP contribution in [0.1, 0.15) is 22.8 Å². The molecule has 0 saturated heterocycles. The molecular formula is C38H25N10Na3O13S3. The topological polar surface area (TPSA) is 353 Å². The van der Waals surface area contributed by atoms with E-state index in [4.69, 9.17) is 0 Å². The Kier molecular flexibility index (Phi) is 18.1. The van der Waals surface area contributed by atoms with E-state index in [1.54, 1.807) is 18.2 Å². The van der Waals surface area contributed by atoms with Crippen LogP contribution in [0.4, 0.5) is 28.4 Å². The number of nitrogens with zero attached hydrogens (tertiary/aromatic N) is 7. The van der Waals surface area contributed by atoms with Gasteiger partial charge in [0.05, 0.1) is 54.4 Å². The zero-order valence-electron chi connectivity index (χ0n) is 35.1. The maximum atomic E-state index is 13.8. The van der Waals surface area contributed by atoms with Crippen molar-refractivity contribution in [2.45, 2.75) is 22.8 Å². The summed E-state index contributed by atoms with van der Waals surface area (Å²) in [5.41, 5.74) is 4.00. The van der Waals surface area contributed by atoms with E-state index in [2.05, 4.69) is 46.9 Å². The predicted octanol–water partition coefficient (Wildman–Crippen LogP) is -7.62. The van der Waals surface area contributed by atoms with Crippen LogP contribution in [0, 0.1) is 0 Å². The van der Waals surface area contributed by atoms with Gasteiger partial charge >= 0.3 is 88.7 Å². The molecule has 0 aromatic heterocycles. The molecule has 1 amide bonds. The van der Waals surface area contributed by atoms with E-state index in [-0.39, 0.29) is 117 Å². The second-order valence-corrected chi connectivity index (χ2v) is 17.4. The van der Waals surface area contributed by atoms with Crippen LogP contribution in [0.15, 0.2) is 158 Å². The molecule has 5 aromatic carbocycles. The van der Waals surface area contributed by atoms with Gasteiger partial charge in [0.2, 0.25) is 16.6 Å². The number of Topliss-reactive ketones (excluding diaryl/α,β-unsaturated/α-hetero) is 1. The van der Waals surface area contributed by atoms with Crippen molar-refractivity contribution in [2.75, 3.05) is 21.3 Å². The van der Waals surface area contributed by atoms with E-state index in [1.165, 1.54) is 55.5 Å². The molecule has 0 spiro atoms. The third-order valence-electron chi connectivity index (χ3n) is 9.00. The van der Waals surface area contributed by atoms with Gasteiger partial charge in [0.15, 0.2) is 11.4 Å². The molecular weight excluding hydrogens is 970 g/mol. The molecule has 3 N–H and O–H groups in total. The monoisotopic (exact) mass is 994 g/mol. The number of amides is 1. The third-order valence-corrected chi connectivity index (χ3v) is 11.5. The van der Waals surface area contributed by atoms with E-state index in [9.17, 15) is 58.1 Å². The van der Waals surface area contributed by atoms with Crippen LogP contribution < -0.4 is 132 Å². The molecule has 326 valence electrons. The number of rotatable bonds is 12. The normalized spacial score (nSPS) is 16.1. The average molecular weight is 995 g/mol. The number of carbonyl (C=O) groups is 2. The molecule has 7 rings (SSSR count). The van der Waals surface area contributed by atoms with Gasteiger partial charge in [-0.3, -0.25) is 35.5 Å². The van der Waals surface area contributed by atoms with Crippen LogP contribution in [0.2, 0.25) is 0 Å². The van der Waals surface area contributed by atoms with Crippen molar-refractivity contribution in [3.8, 4) is 0 Å². The molecule has 2 aliphatic rings. The van der Waals surface area contributed by atoms with Crippen molar-refractivity contribution in [3.63, 3.8) is 0 Å². The Labute approximate surface area is 445 Å². The van der Waals surface area contributed by atoms with Gasteiger partial charge in [0, 0.05) is 0 Å². The number of fused-ring (bicyclic) bond motifs is 1. The molecule has 23 nitrogen and oxygen atoms in total. The fraction of sp³-hybridized carbons (Fsp3) is 0.0526. The van der Waals surface area contributed by atoms with Crippen molar-refractivity contribution >= 4 is 88.0 Å². The van der Waals surface area contributed by atoms with Crippen LogP contribution in [-0.2, 0) is 35.1 Å². The van der Waals surface area contributed by atoms with Gasteiger partial charge in [0.1, 0.15) is 41.4 Å². The number of hydrogen-bond acceptors (Lipinski definition) is 22. The van der Waals surface area contributed by atoms with Gasteiger partial charge in [-0.2, -0.15) is 35.6 Å². The fourth-order valence-corrected chi connectivity index (χ4v) is 7.62. The number of nitrogens with one attached hydrogen (secondary N) is 3. The summed E-state index contributed by atoms with van der Waals surface area (Å²) >= 11 is 0. The van der Waals surface area contributed by atoms with Crippen molar-refractivity contribution in [1.82, 2.24) is 0 Å². The molecule has 29 heteroatoms. The molecule has 5 aromatic rings. The van der Waals surface area contributed by atoms with E-state index >= 15 is 0 Å². The number of allylic oxidation sites excluding steroid dienone is 1. The summed E-state index contributed by atoms with van der Waals surface area (Å²) in [6.45, 7) is 1.52. The number of para-hydroxylation sites is 1. The van der Waals surface area contributed by atoms with E-state index in [0.29, 0.717) is 18.2 Å². The quantitative estimate of drug-likeness (QED) is 0.0452. The summed E-state index contributed by atoms with van der Waals surface area (Å²) in [6.07, 6.45) is 0.655. The molecule has 1 aliphatic carbocycles. The Morgan fingerprint density at radius 3 is 1.94 bits per heavy atom. The molecule has 0 radical (unpaired) electrons. The summed E-state index contributed by atoms with van der Waals surface area (Å²) in [7, 11) is -15.4. The molecule has 1 aliphatic heterocycles. The molecule has 1 heterocycles. The predicted molar refractivity (Wildman–Crippen MR) is 223 cm³/mol. The molecule has 0 bridgehead atoms. The number of ketones is 1. The van der Waals surface area contributed by atoms with Crippen molar-refractivity contribution in [3.05, 3.63) is 150 Å². The molecule has 67 heavy (non-hydrogen) atoms. The van der Waals surface area contributed by atoms with Gasteiger partial charge in [-0.05, 0) is 97.4 Å². The summed E-state index contributed by atoms with van der Waals surface area (Å²) in [4.78, 5) is 50.9. The van der Waals surface area contributed by atoms with Crippen molar-refractivity contribution in [1.29, 1.82) is 0 Å². The SMILES string of the molecule is CC1=NN(c2cccc(N/N=c3\c(=O)cc/c(=N/Nc4cc(S(=O)(=O)[O-])cc5c4C(=O)/C(=N/Nc4ccccc4)C(S(=O)(=O)[O-])=C5)c3=O)c2)C(=O)C1N=Nc1ccc(S(=O)(=O)[O-])cc1.[Na+].[Na+].[Na+]. The van der Waals surface area contributed by atoms with Crippen LogP contribution in [-0.4, -0.2) is 68.1 Å². The number of hydrogen-bond donors (Lipinski definition) is 3. The number of hydrazone groups is 2. The number of carbonyl (C=O) groups excluding carboxylic acids is 2. The van der Waals surface area contributed by atoms with Crippen molar-refractivity contribution < 1.29 is 137 Å². The minimum atomic E-state index is -5.43. The standard InChI is InChI=1S/C38H28N10O13S3.3Na/c1-20-33(44-40-23-10-12-26(13-11-23)62(53,54)55)38(52)48(47-20)25-9-5-8-24(18-25)41-45-34-30(49)15-14-28(36(34)50)42-43-29-19-27(63(56,57)58)16-21-17-31(64(59,60)61)35(37(51)32(21)29)46-39-22-6-3-2-4-7-22;;;/h2-19,33,39,41,43H,1H3,(H,53,54,55)(H,56,57,58)(H,59,60,61);;;/q;3*+1/p-3/b42-28-,44-40?,45-34+,46-35+;;;. The van der Waals surface area contributed by atoms with Crippen LogP contribution in [0.3, 0.4) is 0 Å². The first-order valence-corrected chi connectivity index (χ1v) is 22.1.